The van der Waals surface area contributed by atoms with Crippen LogP contribution in [-0.4, -0.2) is 47.8 Å². The molecule has 2 rings (SSSR count). The molecule has 5 nitrogen and oxygen atoms in total. The minimum atomic E-state index is -0.885. The molecule has 24 heavy (non-hydrogen) atoms. The van der Waals surface area contributed by atoms with Crippen LogP contribution in [0.15, 0.2) is 18.2 Å². The van der Waals surface area contributed by atoms with Crippen LogP contribution < -0.4 is 0 Å². The van der Waals surface area contributed by atoms with Crippen LogP contribution >= 0.6 is 0 Å². The Kier molecular flexibility index (Phi) is 5.85. The van der Waals surface area contributed by atoms with E-state index in [1.807, 2.05) is 13.0 Å². The van der Waals surface area contributed by atoms with E-state index in [9.17, 15) is 18.4 Å². The van der Waals surface area contributed by atoms with E-state index < -0.39 is 17.5 Å². The van der Waals surface area contributed by atoms with E-state index in [1.165, 1.54) is 9.80 Å². The van der Waals surface area contributed by atoms with Gasteiger partial charge < -0.3 is 9.80 Å². The highest BCUT2D eigenvalue weighted by Gasteiger charge is 2.30. The number of amides is 2. The Morgan fingerprint density at radius 2 is 2.00 bits per heavy atom. The first-order valence-corrected chi connectivity index (χ1v) is 7.88. The predicted octanol–water partition coefficient (Wildman–Crippen LogP) is 2.19. The van der Waals surface area contributed by atoms with Crippen molar-refractivity contribution in [2.24, 2.45) is 5.92 Å². The maximum Gasteiger partial charge on any atom is 0.256 e. The molecule has 1 aliphatic rings. The predicted molar refractivity (Wildman–Crippen MR) is 82.9 cm³/mol. The third-order valence-corrected chi connectivity index (χ3v) is 4.25. The second-order valence-electron chi connectivity index (χ2n) is 5.70. The highest BCUT2D eigenvalue weighted by atomic mass is 19.1. The summed E-state index contributed by atoms with van der Waals surface area (Å²) in [6, 6.07) is 4.84. The first-order valence-electron chi connectivity index (χ1n) is 7.88. The van der Waals surface area contributed by atoms with Gasteiger partial charge in [0.25, 0.3) is 5.91 Å². The van der Waals surface area contributed by atoms with Gasteiger partial charge in [0.05, 0.1) is 11.6 Å². The summed E-state index contributed by atoms with van der Waals surface area (Å²) < 4.78 is 26.7. The molecule has 128 valence electrons. The third-order valence-electron chi connectivity index (χ3n) is 4.25. The van der Waals surface area contributed by atoms with Crippen molar-refractivity contribution in [3.05, 3.63) is 35.4 Å². The fraction of sp³-hybridized carbons (Fsp3) is 0.471. The SMILES string of the molecule is CCN(CC#N)C(=O)C1CCN(C(=O)c2ccc(F)cc2F)CC1. The zero-order valence-corrected chi connectivity index (χ0v) is 13.5. The smallest absolute Gasteiger partial charge is 0.256 e. The molecule has 0 unspecified atom stereocenters. The second-order valence-corrected chi connectivity index (χ2v) is 5.70. The maximum atomic E-state index is 13.7. The number of halogens is 2. The lowest BCUT2D eigenvalue weighted by molar-refractivity contribution is -0.136. The van der Waals surface area contributed by atoms with Gasteiger partial charge >= 0.3 is 0 Å². The molecule has 0 aromatic heterocycles. The van der Waals surface area contributed by atoms with Gasteiger partial charge in [-0.05, 0) is 31.9 Å². The second kappa shape index (κ2) is 7.86. The summed E-state index contributed by atoms with van der Waals surface area (Å²) in [4.78, 5) is 27.6. The molecule has 1 heterocycles. The number of nitriles is 1. The number of carbonyl (C=O) groups excluding carboxylic acids is 2. The van der Waals surface area contributed by atoms with Crippen LogP contribution in [-0.2, 0) is 4.79 Å². The minimum Gasteiger partial charge on any atom is -0.339 e. The van der Waals surface area contributed by atoms with Crippen LogP contribution in [0.2, 0.25) is 0 Å². The first-order chi connectivity index (χ1) is 11.5. The number of nitrogens with zero attached hydrogens (tertiary/aromatic N) is 3. The summed E-state index contributed by atoms with van der Waals surface area (Å²) in [5, 5.41) is 8.74. The Morgan fingerprint density at radius 1 is 1.33 bits per heavy atom. The molecule has 0 N–H and O–H groups in total. The summed E-state index contributed by atoms with van der Waals surface area (Å²) in [6.07, 6.45) is 0.935. The average Bonchev–Trinajstić information content (AvgIpc) is 2.58. The van der Waals surface area contributed by atoms with E-state index in [2.05, 4.69) is 0 Å². The quantitative estimate of drug-likeness (QED) is 0.792. The molecule has 1 saturated heterocycles. The molecule has 1 fully saturated rings. The van der Waals surface area contributed by atoms with Gasteiger partial charge in [-0.1, -0.05) is 0 Å². The zero-order chi connectivity index (χ0) is 17.7. The Morgan fingerprint density at radius 3 is 2.54 bits per heavy atom. The molecular formula is C17H19F2N3O2. The van der Waals surface area contributed by atoms with E-state index >= 15 is 0 Å². The number of benzene rings is 1. The number of hydrogen-bond donors (Lipinski definition) is 0. The molecule has 0 aliphatic carbocycles. The topological polar surface area (TPSA) is 64.4 Å². The average molecular weight is 335 g/mol. The molecule has 0 atom stereocenters. The fourth-order valence-corrected chi connectivity index (χ4v) is 2.85. The van der Waals surface area contributed by atoms with Gasteiger partial charge in [0.1, 0.15) is 18.2 Å². The van der Waals surface area contributed by atoms with E-state index in [0.717, 1.165) is 12.1 Å². The molecule has 0 bridgehead atoms. The molecule has 1 aliphatic heterocycles. The number of rotatable bonds is 4. The number of likely N-dealkylation sites (tertiary alicyclic amines) is 1. The van der Waals surface area contributed by atoms with Gasteiger partial charge in [-0.2, -0.15) is 5.26 Å². The van der Waals surface area contributed by atoms with Crippen molar-refractivity contribution in [3.8, 4) is 6.07 Å². The summed E-state index contributed by atoms with van der Waals surface area (Å²) in [5.41, 5.74) is -0.166. The standard InChI is InChI=1S/C17H19F2N3O2/c1-2-21(10-7-20)16(23)12-5-8-22(9-6-12)17(24)14-4-3-13(18)11-15(14)19/h3-4,11-12H,2,5-6,8-10H2,1H3. The van der Waals surface area contributed by atoms with Gasteiger partial charge in [0.15, 0.2) is 0 Å². The Bertz CT molecular complexity index is 664. The van der Waals surface area contributed by atoms with Crippen molar-refractivity contribution < 1.29 is 18.4 Å². The third kappa shape index (κ3) is 3.88. The van der Waals surface area contributed by atoms with E-state index in [-0.39, 0.29) is 23.9 Å². The molecule has 0 spiro atoms. The highest BCUT2D eigenvalue weighted by Crippen LogP contribution is 2.22. The van der Waals surface area contributed by atoms with Gasteiger partial charge in [-0.3, -0.25) is 9.59 Å². The van der Waals surface area contributed by atoms with Crippen LogP contribution in [0.4, 0.5) is 8.78 Å². The minimum absolute atomic E-state index is 0.0509. The van der Waals surface area contributed by atoms with E-state index in [1.54, 1.807) is 0 Å². The summed E-state index contributed by atoms with van der Waals surface area (Å²) in [7, 11) is 0. The first kappa shape index (κ1) is 17.9. The Hall–Kier alpha value is -2.49. The maximum absolute atomic E-state index is 13.7. The number of hydrogen-bond acceptors (Lipinski definition) is 3. The molecule has 0 radical (unpaired) electrons. The van der Waals surface area contributed by atoms with Gasteiger partial charge in [0, 0.05) is 31.6 Å². The van der Waals surface area contributed by atoms with Crippen LogP contribution in [0.5, 0.6) is 0 Å². The molecular weight excluding hydrogens is 316 g/mol. The molecule has 0 saturated carbocycles. The van der Waals surface area contributed by atoms with Crippen molar-refractivity contribution in [2.45, 2.75) is 19.8 Å². The highest BCUT2D eigenvalue weighted by molar-refractivity contribution is 5.94. The zero-order valence-electron chi connectivity index (χ0n) is 13.5. The van der Waals surface area contributed by atoms with Crippen molar-refractivity contribution in [3.63, 3.8) is 0 Å². The van der Waals surface area contributed by atoms with Crippen LogP contribution in [0.1, 0.15) is 30.1 Å². The van der Waals surface area contributed by atoms with Crippen molar-refractivity contribution >= 4 is 11.8 Å². The van der Waals surface area contributed by atoms with Gasteiger partial charge in [-0.15, -0.1) is 0 Å². The molecule has 7 heteroatoms. The van der Waals surface area contributed by atoms with Crippen molar-refractivity contribution in [1.29, 1.82) is 5.26 Å². The Balaban J connectivity index is 1.98. The normalized spacial score (nSPS) is 15.0. The van der Waals surface area contributed by atoms with E-state index in [4.69, 9.17) is 5.26 Å². The van der Waals surface area contributed by atoms with Crippen LogP contribution in [0.3, 0.4) is 0 Å². The van der Waals surface area contributed by atoms with Crippen LogP contribution in [0.25, 0.3) is 0 Å². The molecule has 1 aromatic carbocycles. The lowest BCUT2D eigenvalue weighted by Gasteiger charge is -2.33. The summed E-state index contributed by atoms with van der Waals surface area (Å²) >= 11 is 0. The van der Waals surface area contributed by atoms with Gasteiger partial charge in [0.2, 0.25) is 5.91 Å². The lowest BCUT2D eigenvalue weighted by atomic mass is 9.94. The van der Waals surface area contributed by atoms with Crippen molar-refractivity contribution in [1.82, 2.24) is 9.80 Å². The summed E-state index contributed by atoms with van der Waals surface area (Å²) in [6.45, 7) is 2.99. The summed E-state index contributed by atoms with van der Waals surface area (Å²) in [5.74, 6) is -2.43. The lowest BCUT2D eigenvalue weighted by Crippen LogP contribution is -2.44. The van der Waals surface area contributed by atoms with Gasteiger partial charge in [-0.25, -0.2) is 8.78 Å². The van der Waals surface area contributed by atoms with E-state index in [0.29, 0.717) is 38.5 Å². The van der Waals surface area contributed by atoms with Crippen molar-refractivity contribution in [2.75, 3.05) is 26.2 Å². The Labute approximate surface area is 139 Å². The number of carbonyl (C=O) groups is 2. The monoisotopic (exact) mass is 335 g/mol. The van der Waals surface area contributed by atoms with Crippen LogP contribution in [0, 0.1) is 28.9 Å². The largest absolute Gasteiger partial charge is 0.339 e. The fourth-order valence-electron chi connectivity index (χ4n) is 2.85. The molecule has 1 aromatic rings. The molecule has 2 amide bonds. The number of piperidine rings is 1.